The van der Waals surface area contributed by atoms with E-state index in [1.807, 2.05) is 37.3 Å². The van der Waals surface area contributed by atoms with Crippen molar-refractivity contribution in [2.75, 3.05) is 5.73 Å². The van der Waals surface area contributed by atoms with Crippen molar-refractivity contribution in [1.82, 2.24) is 4.98 Å². The SMILES string of the molecule is Cc1ccnc(N)c1C(N)Cc1ccccc1Cl. The number of hydrogen-bond donors (Lipinski definition) is 2. The van der Waals surface area contributed by atoms with E-state index >= 15 is 0 Å². The smallest absolute Gasteiger partial charge is 0.128 e. The van der Waals surface area contributed by atoms with Gasteiger partial charge in [-0.3, -0.25) is 0 Å². The number of rotatable bonds is 3. The topological polar surface area (TPSA) is 64.9 Å². The Morgan fingerprint density at radius 3 is 2.67 bits per heavy atom. The minimum atomic E-state index is -0.196. The van der Waals surface area contributed by atoms with Crippen LogP contribution in [0.1, 0.15) is 22.7 Å². The summed E-state index contributed by atoms with van der Waals surface area (Å²) in [7, 11) is 0. The van der Waals surface area contributed by atoms with Crippen molar-refractivity contribution in [3.05, 3.63) is 58.2 Å². The Morgan fingerprint density at radius 1 is 1.28 bits per heavy atom. The zero-order valence-electron chi connectivity index (χ0n) is 10.2. The molecule has 0 spiro atoms. The van der Waals surface area contributed by atoms with Crippen LogP contribution in [0.4, 0.5) is 5.82 Å². The molecule has 1 unspecified atom stereocenters. The molecule has 0 aliphatic carbocycles. The van der Waals surface area contributed by atoms with Crippen molar-refractivity contribution >= 4 is 17.4 Å². The van der Waals surface area contributed by atoms with Crippen molar-refractivity contribution in [3.8, 4) is 0 Å². The first-order valence-electron chi connectivity index (χ1n) is 5.79. The Balaban J connectivity index is 2.28. The van der Waals surface area contributed by atoms with Gasteiger partial charge in [0, 0.05) is 22.8 Å². The molecule has 0 fully saturated rings. The molecule has 0 radical (unpaired) electrons. The van der Waals surface area contributed by atoms with E-state index in [0.29, 0.717) is 12.2 Å². The number of aryl methyl sites for hydroxylation is 1. The lowest BCUT2D eigenvalue weighted by Gasteiger charge is -2.17. The first-order valence-corrected chi connectivity index (χ1v) is 6.17. The van der Waals surface area contributed by atoms with Gasteiger partial charge >= 0.3 is 0 Å². The first-order chi connectivity index (χ1) is 8.59. The summed E-state index contributed by atoms with van der Waals surface area (Å²) in [6.07, 6.45) is 2.34. The molecule has 1 aromatic heterocycles. The van der Waals surface area contributed by atoms with Crippen molar-refractivity contribution in [2.24, 2.45) is 5.73 Å². The molecule has 1 heterocycles. The number of hydrogen-bond acceptors (Lipinski definition) is 3. The highest BCUT2D eigenvalue weighted by molar-refractivity contribution is 6.31. The summed E-state index contributed by atoms with van der Waals surface area (Å²) >= 11 is 6.13. The van der Waals surface area contributed by atoms with E-state index in [2.05, 4.69) is 4.98 Å². The first kappa shape index (κ1) is 12.9. The maximum absolute atomic E-state index is 6.22. The third-order valence-electron chi connectivity index (χ3n) is 3.01. The second-order valence-corrected chi connectivity index (χ2v) is 4.74. The highest BCUT2D eigenvalue weighted by atomic mass is 35.5. The standard InChI is InChI=1S/C14H16ClN3/c1-9-6-7-18-14(17)13(9)12(16)8-10-4-2-3-5-11(10)15/h2-7,12H,8,16H2,1H3,(H2,17,18). The van der Waals surface area contributed by atoms with Crippen molar-refractivity contribution in [2.45, 2.75) is 19.4 Å². The fourth-order valence-corrected chi connectivity index (χ4v) is 2.29. The largest absolute Gasteiger partial charge is 0.383 e. The molecule has 1 aromatic carbocycles. The van der Waals surface area contributed by atoms with E-state index in [0.717, 1.165) is 21.7 Å². The van der Waals surface area contributed by atoms with Crippen LogP contribution in [0.3, 0.4) is 0 Å². The Kier molecular flexibility index (Phi) is 3.84. The maximum Gasteiger partial charge on any atom is 0.128 e. The molecular weight excluding hydrogens is 246 g/mol. The number of anilines is 1. The molecule has 0 saturated heterocycles. The van der Waals surface area contributed by atoms with Gasteiger partial charge in [0.25, 0.3) is 0 Å². The molecular formula is C14H16ClN3. The number of aromatic nitrogens is 1. The molecule has 0 bridgehead atoms. The number of nitrogens with two attached hydrogens (primary N) is 2. The molecule has 0 aliphatic rings. The fraction of sp³-hybridized carbons (Fsp3) is 0.214. The molecule has 2 aromatic rings. The van der Waals surface area contributed by atoms with Gasteiger partial charge in [0.05, 0.1) is 0 Å². The average Bonchev–Trinajstić information content (AvgIpc) is 2.32. The lowest BCUT2D eigenvalue weighted by atomic mass is 9.97. The van der Waals surface area contributed by atoms with Crippen molar-refractivity contribution in [1.29, 1.82) is 0 Å². The minimum absolute atomic E-state index is 0.196. The van der Waals surface area contributed by atoms with Crippen LogP contribution in [0.5, 0.6) is 0 Å². The average molecular weight is 262 g/mol. The van der Waals surface area contributed by atoms with Crippen LogP contribution in [-0.4, -0.2) is 4.98 Å². The van der Waals surface area contributed by atoms with Gasteiger partial charge in [0.2, 0.25) is 0 Å². The highest BCUT2D eigenvalue weighted by Gasteiger charge is 2.15. The number of benzene rings is 1. The van der Waals surface area contributed by atoms with E-state index in [1.165, 1.54) is 0 Å². The van der Waals surface area contributed by atoms with Gasteiger partial charge < -0.3 is 11.5 Å². The summed E-state index contributed by atoms with van der Waals surface area (Å²) in [5.41, 5.74) is 15.1. The lowest BCUT2D eigenvalue weighted by molar-refractivity contribution is 0.716. The summed E-state index contributed by atoms with van der Waals surface area (Å²) < 4.78 is 0. The van der Waals surface area contributed by atoms with E-state index in [1.54, 1.807) is 6.20 Å². The Morgan fingerprint density at radius 2 is 2.00 bits per heavy atom. The summed E-state index contributed by atoms with van der Waals surface area (Å²) in [5.74, 6) is 0.495. The van der Waals surface area contributed by atoms with Crippen LogP contribution in [0, 0.1) is 6.92 Å². The Bertz CT molecular complexity index is 534. The quantitative estimate of drug-likeness (QED) is 0.893. The van der Waals surface area contributed by atoms with Crippen LogP contribution >= 0.6 is 11.6 Å². The van der Waals surface area contributed by atoms with Gasteiger partial charge in [-0.05, 0) is 36.6 Å². The number of halogens is 1. The zero-order chi connectivity index (χ0) is 13.1. The normalized spacial score (nSPS) is 12.4. The van der Waals surface area contributed by atoms with Crippen LogP contribution in [0.25, 0.3) is 0 Å². The molecule has 0 aliphatic heterocycles. The van der Waals surface area contributed by atoms with Crippen molar-refractivity contribution in [3.63, 3.8) is 0 Å². The van der Waals surface area contributed by atoms with E-state index in [-0.39, 0.29) is 6.04 Å². The molecule has 2 rings (SSSR count). The van der Waals surface area contributed by atoms with Crippen LogP contribution in [0.15, 0.2) is 36.5 Å². The summed E-state index contributed by atoms with van der Waals surface area (Å²) in [4.78, 5) is 4.09. The minimum Gasteiger partial charge on any atom is -0.383 e. The molecule has 94 valence electrons. The second-order valence-electron chi connectivity index (χ2n) is 4.33. The Hall–Kier alpha value is -1.58. The predicted octanol–water partition coefficient (Wildman–Crippen LogP) is 2.87. The van der Waals surface area contributed by atoms with Gasteiger partial charge in [-0.1, -0.05) is 29.8 Å². The zero-order valence-corrected chi connectivity index (χ0v) is 11.0. The molecule has 4 heteroatoms. The van der Waals surface area contributed by atoms with Gasteiger partial charge in [-0.15, -0.1) is 0 Å². The van der Waals surface area contributed by atoms with Gasteiger partial charge in [0.1, 0.15) is 5.82 Å². The van der Waals surface area contributed by atoms with Crippen LogP contribution < -0.4 is 11.5 Å². The van der Waals surface area contributed by atoms with E-state index < -0.39 is 0 Å². The van der Waals surface area contributed by atoms with E-state index in [9.17, 15) is 0 Å². The molecule has 0 amide bonds. The molecule has 3 nitrogen and oxygen atoms in total. The number of nitrogens with zero attached hydrogens (tertiary/aromatic N) is 1. The third-order valence-corrected chi connectivity index (χ3v) is 3.38. The molecule has 0 saturated carbocycles. The molecule has 4 N–H and O–H groups in total. The van der Waals surface area contributed by atoms with Crippen molar-refractivity contribution < 1.29 is 0 Å². The monoisotopic (exact) mass is 261 g/mol. The van der Waals surface area contributed by atoms with Crippen LogP contribution in [0.2, 0.25) is 5.02 Å². The summed E-state index contributed by atoms with van der Waals surface area (Å²) in [6.45, 7) is 1.99. The fourth-order valence-electron chi connectivity index (χ4n) is 2.08. The second kappa shape index (κ2) is 5.38. The van der Waals surface area contributed by atoms with Gasteiger partial charge in [-0.25, -0.2) is 4.98 Å². The predicted molar refractivity (Wildman–Crippen MR) is 75.5 cm³/mol. The summed E-state index contributed by atoms with van der Waals surface area (Å²) in [5, 5.41) is 0.730. The van der Waals surface area contributed by atoms with Gasteiger partial charge in [0.15, 0.2) is 0 Å². The third kappa shape index (κ3) is 2.63. The number of nitrogen functional groups attached to an aromatic ring is 1. The number of pyridine rings is 1. The summed E-state index contributed by atoms with van der Waals surface area (Å²) in [6, 6.07) is 9.42. The van der Waals surface area contributed by atoms with Crippen LogP contribution in [-0.2, 0) is 6.42 Å². The maximum atomic E-state index is 6.22. The van der Waals surface area contributed by atoms with Gasteiger partial charge in [-0.2, -0.15) is 0 Å². The van der Waals surface area contributed by atoms with E-state index in [4.69, 9.17) is 23.1 Å². The lowest BCUT2D eigenvalue weighted by Crippen LogP contribution is -2.17. The Labute approximate surface area is 112 Å². The molecule has 1 atom stereocenters. The highest BCUT2D eigenvalue weighted by Crippen LogP contribution is 2.26. The molecule has 18 heavy (non-hydrogen) atoms.